The van der Waals surface area contributed by atoms with Crippen molar-refractivity contribution in [1.29, 1.82) is 0 Å². The highest BCUT2D eigenvalue weighted by atomic mass is 79.9. The normalized spacial score (nSPS) is 15.3. The second-order valence-corrected chi connectivity index (χ2v) is 64.3. The van der Waals surface area contributed by atoms with E-state index in [-0.39, 0.29) is 65.0 Å². The summed E-state index contributed by atoms with van der Waals surface area (Å²) >= 11 is 3.27. The molecule has 3 atom stereocenters. The Balaban J connectivity index is 0.000000281. The molecule has 10 aromatic rings. The van der Waals surface area contributed by atoms with Crippen LogP contribution in [0.2, 0.25) is 109 Å². The molecule has 721 valence electrons. The molecule has 131 heavy (non-hydrogen) atoms. The number of aromatic nitrogens is 15. The van der Waals surface area contributed by atoms with Crippen LogP contribution < -0.4 is 16.4 Å². The highest BCUT2D eigenvalue weighted by Gasteiger charge is 2.35. The molecule has 0 spiro atoms. The van der Waals surface area contributed by atoms with Gasteiger partial charge in [-0.1, -0.05) is 98.8 Å². The van der Waals surface area contributed by atoms with Gasteiger partial charge >= 0.3 is 13.1 Å². The number of amides is 2. The molecule has 41 heteroatoms. The smallest absolute Gasteiger partial charge is 0.454 e. The van der Waals surface area contributed by atoms with E-state index >= 15 is 0 Å². The lowest BCUT2D eigenvalue weighted by Gasteiger charge is -2.26. The fourth-order valence-electron chi connectivity index (χ4n) is 12.0. The van der Waals surface area contributed by atoms with Crippen LogP contribution in [-0.4, -0.2) is 243 Å². The summed E-state index contributed by atoms with van der Waals surface area (Å²) in [6.07, 6.45) is 30.1. The molecule has 11 N–H and O–H groups in total. The van der Waals surface area contributed by atoms with Gasteiger partial charge in [-0.05, 0) is 160 Å². The summed E-state index contributed by atoms with van der Waals surface area (Å²) in [5.41, 5.74) is 14.9. The Labute approximate surface area is 793 Å². The first-order valence-electron chi connectivity index (χ1n) is 44.6. The fraction of sp³-hybridized carbons (Fsp3) is 0.611. The average Bonchev–Trinajstić information content (AvgIpc) is 1.62. The number of hydrogen-bond acceptors (Lipinski definition) is 25. The van der Waals surface area contributed by atoms with Crippen molar-refractivity contribution in [3.05, 3.63) is 117 Å². The van der Waals surface area contributed by atoms with Gasteiger partial charge in [-0.3, -0.25) is 19.2 Å². The van der Waals surface area contributed by atoms with Crippen LogP contribution >= 0.6 is 28.3 Å². The highest BCUT2D eigenvalue weighted by Crippen LogP contribution is 2.43. The van der Waals surface area contributed by atoms with Gasteiger partial charge in [0.25, 0.3) is 11.8 Å². The van der Waals surface area contributed by atoms with E-state index in [9.17, 15) is 39.3 Å². The van der Waals surface area contributed by atoms with Crippen LogP contribution in [0.5, 0.6) is 0 Å². The number of carboxylic acids is 1. The maximum Gasteiger partial charge on any atom is 0.454 e. The van der Waals surface area contributed by atoms with Crippen molar-refractivity contribution in [2.24, 2.45) is 5.73 Å². The Hall–Kier alpha value is -7.78. The number of nitrogens with zero attached hydrogens (tertiary/aromatic N) is 14. The van der Waals surface area contributed by atoms with Crippen molar-refractivity contribution < 1.29 is 74.8 Å². The van der Waals surface area contributed by atoms with Gasteiger partial charge in [0.05, 0.1) is 105 Å². The third-order valence-electron chi connectivity index (χ3n) is 22.6. The summed E-state index contributed by atoms with van der Waals surface area (Å²) in [6.45, 7) is 47.5. The number of aliphatic hydroxyl groups is 3. The number of H-pyrrole nitrogens is 1. The number of aldehydes is 2. The number of carbonyl (C=O) groups excluding carboxylic acids is 4. The maximum atomic E-state index is 12.9. The number of rotatable bonds is 35. The summed E-state index contributed by atoms with van der Waals surface area (Å²) in [5.74, 6) is 0.657. The van der Waals surface area contributed by atoms with E-state index in [0.29, 0.717) is 141 Å². The van der Waals surface area contributed by atoms with Gasteiger partial charge in [0.1, 0.15) is 64.7 Å². The largest absolute Gasteiger partial charge is 0.478 e. The van der Waals surface area contributed by atoms with Crippen molar-refractivity contribution >= 4 is 162 Å². The zero-order chi connectivity index (χ0) is 94.3. The minimum absolute atomic E-state index is 0. The number of carbonyl (C=O) groups is 5. The lowest BCUT2D eigenvalue weighted by molar-refractivity contribution is 0.0408. The summed E-state index contributed by atoms with van der Waals surface area (Å²) in [6, 6.07) is 3.49. The Morgan fingerprint density at radius 3 is 1.10 bits per heavy atom. The maximum absolute atomic E-state index is 12.9. The Kier molecular flexibility index (Phi) is 41.1. The molecule has 0 bridgehead atoms. The molecule has 0 aromatic carbocycles. The molecule has 0 aliphatic heterocycles. The molecule has 0 unspecified atom stereocenters. The van der Waals surface area contributed by atoms with Crippen LogP contribution in [0, 0.1) is 0 Å². The van der Waals surface area contributed by atoms with Crippen molar-refractivity contribution in [3.63, 3.8) is 0 Å². The lowest BCUT2D eigenvalue weighted by atomic mass is 9.84. The average molecular weight is 1970 g/mol. The van der Waals surface area contributed by atoms with Crippen molar-refractivity contribution in [1.82, 2.24) is 83.7 Å². The van der Waals surface area contributed by atoms with Crippen LogP contribution in [0.15, 0.2) is 66.6 Å². The minimum atomic E-state index is -1.16. The quantitative estimate of drug-likeness (QED) is 0.0100. The van der Waals surface area contributed by atoms with E-state index in [1.807, 2.05) is 26.1 Å². The summed E-state index contributed by atoms with van der Waals surface area (Å²) in [7, 11) is -5.49. The van der Waals surface area contributed by atoms with Crippen LogP contribution in [0.3, 0.4) is 0 Å². The molecule has 5 saturated carbocycles. The van der Waals surface area contributed by atoms with E-state index in [1.54, 1.807) is 116 Å². The minimum Gasteiger partial charge on any atom is -0.478 e. The third kappa shape index (κ3) is 35.4. The monoisotopic (exact) mass is 1970 g/mol. The second kappa shape index (κ2) is 48.1. The Morgan fingerprint density at radius 2 is 0.794 bits per heavy atom. The SMILES string of the molecule is C.C[C@H](N)C(C)(C)O.C[C@H](NC(=O)c1c[nH]c2ncc(C3CC3)nc12)C(C)(C)O.C[C@H](NC(=O)c1cn(COCC[Si](C)(C)C)c2ncc(C3CC3)nc12)C(C)(C)O.C[Si](C)(C)CCOCn1cc(C(=O)O)c2nc(C3CC3)cnc21.C[Si](C)(C)CCOCn1cc(C=O)c2nc(Br)cnc21.C[Si](C)(C)CCOCn1cc(C=O)c2nc(C3CC3)cnc21.Cl.OB(O)C1CC1.[2HH].[B]. The molecule has 10 aromatic heterocycles. The predicted octanol–water partition coefficient (Wildman–Crippen LogP) is 16.0. The predicted molar refractivity (Wildman–Crippen MR) is 535 cm³/mol. The lowest BCUT2D eigenvalue weighted by Crippen LogP contribution is -2.47. The molecular formula is C90H145B2BrClN18O15Si4. The molecule has 5 aliphatic carbocycles. The number of carboxylic acid groups (broad SMARTS) is 1. The number of aromatic carboxylic acids is 1. The van der Waals surface area contributed by atoms with E-state index in [4.69, 9.17) is 44.8 Å². The molecule has 3 radical (unpaired) electrons. The summed E-state index contributed by atoms with van der Waals surface area (Å²) in [5, 5.41) is 60.6. The Morgan fingerprint density at radius 1 is 0.496 bits per heavy atom. The van der Waals surface area contributed by atoms with Crippen LogP contribution in [0.4, 0.5) is 0 Å². The van der Waals surface area contributed by atoms with E-state index < -0.39 is 68.2 Å². The molecule has 5 fully saturated rings. The summed E-state index contributed by atoms with van der Waals surface area (Å²) < 4.78 is 31.0. The number of ether oxygens (including phenoxy) is 4. The third-order valence-corrected chi connectivity index (χ3v) is 29.8. The standard InChI is InChI=1S/C21H34N4O3Si.C16H23N3O3Si.C16H23N3O2Si.C15H20N4O2.C13H18BrN3O2Si.C5H13NO.C3H7BO2.CH4.B.ClH.H2/c1-14(21(2,3)27)23-20(26)16-12-25(13-28-9-10-29(4,5)6)19-18(16)24-17(11-22-19)15-7-8-15;1-23(2,3)7-6-22-10-19-9-12(16(20)21)14-15(19)17-8-13(18-14)11-4-5-11;1-22(2,3)7-6-21-11-19-9-13(10-20)15-16(19)17-8-14(18-15)12-4-5-12;1-8(15(2,3)21)18-14(20)10-6-16-13-12(10)19-11(7-17-13)9-4-5-9;1-20(2,3)5-4-19-9-17-7-10(8-18)12-13(17)15-6-11(14)16-12;1-4(6)5(2,3)7;5-4(6)3-1-2-3;;;;/h11-12,14-15,27H,7-10,13H2,1-6H3,(H,23,26);8-9,11H,4-7,10H2,1-3H3,(H,20,21);8-10,12H,4-7,11H2,1-3H3;6-9,21H,4-5H2,1-3H3,(H,16,17)(H,18,20);6-8H,4-5,9H2,1-3H3;4,7H,6H2,1-3H3;3,5-6H,1-2H2;1H4;;2*1H/t14-;;;8-;;4-;;;;;/m0..0.0...../s1/i;;;;;;;;;;1+1. The highest BCUT2D eigenvalue weighted by molar-refractivity contribution is 9.10. The van der Waals surface area contributed by atoms with Crippen molar-refractivity contribution in [2.75, 3.05) is 26.4 Å². The number of hydrogen-bond donors (Lipinski definition) is 10. The van der Waals surface area contributed by atoms with E-state index in [0.717, 1.165) is 130 Å². The molecule has 0 saturated heterocycles. The molecule has 10 heterocycles. The zero-order valence-electron chi connectivity index (χ0n) is 79.7. The van der Waals surface area contributed by atoms with Crippen LogP contribution in [0.1, 0.15) is 234 Å². The summed E-state index contributed by atoms with van der Waals surface area (Å²) in [4.78, 5) is 107. The van der Waals surface area contributed by atoms with Crippen LogP contribution in [-0.2, 0) is 45.9 Å². The van der Waals surface area contributed by atoms with Gasteiger partial charge in [-0.15, -0.1) is 12.4 Å². The van der Waals surface area contributed by atoms with Gasteiger partial charge in [-0.2, -0.15) is 0 Å². The van der Waals surface area contributed by atoms with E-state index in [2.05, 4.69) is 155 Å². The van der Waals surface area contributed by atoms with Gasteiger partial charge in [0.2, 0.25) is 0 Å². The van der Waals surface area contributed by atoms with Crippen molar-refractivity contribution in [2.45, 2.75) is 328 Å². The number of nitrogens with one attached hydrogen (secondary N) is 3. The zero-order valence-corrected chi connectivity index (χ0v) is 86.1. The molecule has 33 nitrogen and oxygen atoms in total. The molecule has 5 aliphatic rings. The van der Waals surface area contributed by atoms with Gasteiger partial charge in [-0.25, -0.2) is 54.6 Å². The number of aromatic amines is 1. The molecule has 15 rings (SSSR count). The number of fused-ring (bicyclic) bond motifs is 5. The van der Waals surface area contributed by atoms with Crippen molar-refractivity contribution in [3.8, 4) is 0 Å². The Bertz CT molecular complexity index is 5410. The first-order valence-corrected chi connectivity index (χ1v) is 60.2. The number of halogens is 2. The van der Waals surface area contributed by atoms with Crippen LogP contribution in [0.25, 0.3) is 55.8 Å². The fourth-order valence-corrected chi connectivity index (χ4v) is 15.3. The first kappa shape index (κ1) is 112. The molecular weight excluding hydrogens is 1820 g/mol. The first-order chi connectivity index (χ1) is 59.8. The van der Waals surface area contributed by atoms with Gasteiger partial charge in [0.15, 0.2) is 40.8 Å². The second-order valence-electron chi connectivity index (χ2n) is 41.0. The number of nitrogens with two attached hydrogens (primary N) is 1. The van der Waals surface area contributed by atoms with E-state index in [1.165, 1.54) is 12.8 Å². The van der Waals surface area contributed by atoms with Gasteiger partial charge < -0.3 is 89.0 Å². The topological polar surface area (TPSA) is 458 Å². The molecule has 2 amide bonds. The van der Waals surface area contributed by atoms with Gasteiger partial charge in [0, 0.05) is 129 Å².